The summed E-state index contributed by atoms with van der Waals surface area (Å²) in [6.45, 7) is 0. The third kappa shape index (κ3) is 2.74. The van der Waals surface area contributed by atoms with Crippen LogP contribution in [-0.2, 0) is 16.0 Å². The van der Waals surface area contributed by atoms with E-state index in [4.69, 9.17) is 4.74 Å². The second-order valence-electron chi connectivity index (χ2n) is 4.88. The highest BCUT2D eigenvalue weighted by Gasteiger charge is 2.33. The van der Waals surface area contributed by atoms with Gasteiger partial charge >= 0.3 is 0 Å². The summed E-state index contributed by atoms with van der Waals surface area (Å²) in [6.07, 6.45) is 0.778. The third-order valence-electron chi connectivity index (χ3n) is 3.51. The lowest BCUT2D eigenvalue weighted by molar-refractivity contribution is -0.122. The van der Waals surface area contributed by atoms with Gasteiger partial charge in [-0.05, 0) is 11.1 Å². The standard InChI is InChI=1S/C17H16O2/c18-15-12-16(14-9-5-2-6-10-14)19-17(15)11-13-7-3-1-4-8-13/h1-10,16-17H,11-12H2/t16-,17+/m0/s1. The molecule has 0 aliphatic carbocycles. The van der Waals surface area contributed by atoms with Gasteiger partial charge in [0.1, 0.15) is 6.10 Å². The Morgan fingerprint density at radius 3 is 2.26 bits per heavy atom. The molecule has 2 aromatic carbocycles. The fraction of sp³-hybridized carbons (Fsp3) is 0.235. The van der Waals surface area contributed by atoms with E-state index in [0.717, 1.165) is 11.1 Å². The zero-order valence-electron chi connectivity index (χ0n) is 10.7. The van der Waals surface area contributed by atoms with E-state index in [1.54, 1.807) is 0 Å². The predicted octanol–water partition coefficient (Wildman–Crippen LogP) is 3.33. The highest BCUT2D eigenvalue weighted by Crippen LogP contribution is 2.31. The Labute approximate surface area is 113 Å². The van der Waals surface area contributed by atoms with Crippen molar-refractivity contribution in [2.24, 2.45) is 0 Å². The van der Waals surface area contributed by atoms with E-state index in [0.29, 0.717) is 12.8 Å². The van der Waals surface area contributed by atoms with Crippen LogP contribution in [0.2, 0.25) is 0 Å². The van der Waals surface area contributed by atoms with Gasteiger partial charge in [-0.2, -0.15) is 0 Å². The Kier molecular flexibility index (Phi) is 3.43. The molecule has 1 fully saturated rings. The maximum atomic E-state index is 12.0. The molecule has 0 spiro atoms. The number of hydrogen-bond donors (Lipinski definition) is 0. The Bertz CT molecular complexity index is 548. The van der Waals surface area contributed by atoms with E-state index < -0.39 is 0 Å². The number of hydrogen-bond acceptors (Lipinski definition) is 2. The minimum atomic E-state index is -0.299. The van der Waals surface area contributed by atoms with Gasteiger partial charge in [0, 0.05) is 12.8 Å². The summed E-state index contributed by atoms with van der Waals surface area (Å²) in [5.74, 6) is 0.206. The maximum absolute atomic E-state index is 12.0. The topological polar surface area (TPSA) is 26.3 Å². The van der Waals surface area contributed by atoms with Gasteiger partial charge in [-0.3, -0.25) is 4.79 Å². The molecular weight excluding hydrogens is 236 g/mol. The van der Waals surface area contributed by atoms with Crippen LogP contribution in [0.4, 0.5) is 0 Å². The van der Waals surface area contributed by atoms with E-state index in [1.807, 2.05) is 60.7 Å². The lowest BCUT2D eigenvalue weighted by Crippen LogP contribution is -2.18. The predicted molar refractivity (Wildman–Crippen MR) is 73.8 cm³/mol. The van der Waals surface area contributed by atoms with Gasteiger partial charge < -0.3 is 4.74 Å². The number of benzene rings is 2. The summed E-state index contributed by atoms with van der Waals surface area (Å²) >= 11 is 0. The first-order valence-corrected chi connectivity index (χ1v) is 6.60. The van der Waals surface area contributed by atoms with E-state index in [9.17, 15) is 4.79 Å². The lowest BCUT2D eigenvalue weighted by atomic mass is 10.0. The number of ketones is 1. The lowest BCUT2D eigenvalue weighted by Gasteiger charge is -2.12. The van der Waals surface area contributed by atoms with Crippen molar-refractivity contribution in [1.82, 2.24) is 0 Å². The van der Waals surface area contributed by atoms with Crippen LogP contribution >= 0.6 is 0 Å². The van der Waals surface area contributed by atoms with Crippen molar-refractivity contribution in [1.29, 1.82) is 0 Å². The molecule has 0 amide bonds. The summed E-state index contributed by atoms with van der Waals surface area (Å²) < 4.78 is 5.91. The number of carbonyl (C=O) groups is 1. The Balaban J connectivity index is 1.71. The number of rotatable bonds is 3. The zero-order valence-corrected chi connectivity index (χ0v) is 10.7. The van der Waals surface area contributed by atoms with Crippen LogP contribution in [0.5, 0.6) is 0 Å². The molecule has 2 nitrogen and oxygen atoms in total. The first-order valence-electron chi connectivity index (χ1n) is 6.60. The molecule has 0 aromatic heterocycles. The Morgan fingerprint density at radius 1 is 0.947 bits per heavy atom. The molecule has 2 heteroatoms. The van der Waals surface area contributed by atoms with E-state index >= 15 is 0 Å². The molecule has 1 aliphatic heterocycles. The van der Waals surface area contributed by atoms with Gasteiger partial charge in [-0.25, -0.2) is 0 Å². The molecule has 1 saturated heterocycles. The molecule has 0 unspecified atom stereocenters. The van der Waals surface area contributed by atoms with Crippen molar-refractivity contribution in [2.75, 3.05) is 0 Å². The molecule has 96 valence electrons. The molecule has 0 radical (unpaired) electrons. The zero-order chi connectivity index (χ0) is 13.1. The first-order chi connectivity index (χ1) is 9.33. The summed E-state index contributed by atoms with van der Waals surface area (Å²) in [5, 5.41) is 0. The quantitative estimate of drug-likeness (QED) is 0.837. The minimum absolute atomic E-state index is 0.0811. The average molecular weight is 252 g/mol. The largest absolute Gasteiger partial charge is 0.362 e. The molecule has 1 aliphatic rings. The monoisotopic (exact) mass is 252 g/mol. The van der Waals surface area contributed by atoms with Crippen LogP contribution in [0.1, 0.15) is 23.7 Å². The molecule has 0 bridgehead atoms. The fourth-order valence-corrected chi connectivity index (χ4v) is 2.49. The summed E-state index contributed by atoms with van der Waals surface area (Å²) in [7, 11) is 0. The number of ether oxygens (including phenoxy) is 1. The van der Waals surface area contributed by atoms with Crippen molar-refractivity contribution in [3.63, 3.8) is 0 Å². The van der Waals surface area contributed by atoms with Gasteiger partial charge in [0.15, 0.2) is 5.78 Å². The highest BCUT2D eigenvalue weighted by molar-refractivity contribution is 5.85. The van der Waals surface area contributed by atoms with Crippen LogP contribution in [0.3, 0.4) is 0 Å². The van der Waals surface area contributed by atoms with Crippen LogP contribution in [0, 0.1) is 0 Å². The highest BCUT2D eigenvalue weighted by atomic mass is 16.5. The van der Waals surface area contributed by atoms with E-state index in [-0.39, 0.29) is 18.0 Å². The molecule has 19 heavy (non-hydrogen) atoms. The van der Waals surface area contributed by atoms with Crippen LogP contribution in [-0.4, -0.2) is 11.9 Å². The smallest absolute Gasteiger partial charge is 0.164 e. The van der Waals surface area contributed by atoms with Crippen LogP contribution in [0.25, 0.3) is 0 Å². The van der Waals surface area contributed by atoms with Gasteiger partial charge in [-0.15, -0.1) is 0 Å². The van der Waals surface area contributed by atoms with Crippen molar-refractivity contribution < 1.29 is 9.53 Å². The minimum Gasteiger partial charge on any atom is -0.362 e. The summed E-state index contributed by atoms with van der Waals surface area (Å²) in [6, 6.07) is 20.0. The Hall–Kier alpha value is -1.93. The SMILES string of the molecule is O=C1C[C@@H](c2ccccc2)O[C@@H]1Cc1ccccc1. The van der Waals surface area contributed by atoms with Crippen molar-refractivity contribution in [2.45, 2.75) is 25.0 Å². The molecular formula is C17H16O2. The molecule has 2 atom stereocenters. The van der Waals surface area contributed by atoms with Crippen LogP contribution in [0.15, 0.2) is 60.7 Å². The molecule has 2 aromatic rings. The van der Waals surface area contributed by atoms with Crippen molar-refractivity contribution in [3.05, 3.63) is 71.8 Å². The second kappa shape index (κ2) is 5.37. The van der Waals surface area contributed by atoms with Gasteiger partial charge in [-0.1, -0.05) is 60.7 Å². The van der Waals surface area contributed by atoms with Gasteiger partial charge in [0.2, 0.25) is 0 Å². The Morgan fingerprint density at radius 2 is 1.58 bits per heavy atom. The van der Waals surface area contributed by atoms with Crippen LogP contribution < -0.4 is 0 Å². The summed E-state index contributed by atoms with van der Waals surface area (Å²) in [4.78, 5) is 12.0. The van der Waals surface area contributed by atoms with E-state index in [1.165, 1.54) is 0 Å². The third-order valence-corrected chi connectivity index (χ3v) is 3.51. The van der Waals surface area contributed by atoms with Gasteiger partial charge in [0.25, 0.3) is 0 Å². The molecule has 0 N–H and O–H groups in total. The van der Waals surface area contributed by atoms with Crippen molar-refractivity contribution in [3.8, 4) is 0 Å². The molecule has 0 saturated carbocycles. The number of carbonyl (C=O) groups excluding carboxylic acids is 1. The molecule has 1 heterocycles. The van der Waals surface area contributed by atoms with Gasteiger partial charge in [0.05, 0.1) is 6.10 Å². The first kappa shape index (κ1) is 12.1. The molecule has 3 rings (SSSR count). The normalized spacial score (nSPS) is 22.6. The summed E-state index contributed by atoms with van der Waals surface area (Å²) in [5.41, 5.74) is 2.24. The second-order valence-corrected chi connectivity index (χ2v) is 4.88. The maximum Gasteiger partial charge on any atom is 0.164 e. The van der Waals surface area contributed by atoms with E-state index in [2.05, 4.69) is 0 Å². The fourth-order valence-electron chi connectivity index (χ4n) is 2.49. The average Bonchev–Trinajstić information content (AvgIpc) is 2.82. The van der Waals surface area contributed by atoms with Crippen molar-refractivity contribution >= 4 is 5.78 Å². The number of Topliss-reactive ketones (excluding diaryl/α,β-unsaturated/α-hetero) is 1.